The van der Waals surface area contributed by atoms with Gasteiger partial charge in [-0.1, -0.05) is 32.6 Å². The minimum absolute atomic E-state index is 0.566. The van der Waals surface area contributed by atoms with E-state index in [-0.39, 0.29) is 0 Å². The van der Waals surface area contributed by atoms with Crippen molar-refractivity contribution in [2.45, 2.75) is 82.8 Å². The number of hydrogen-bond acceptors (Lipinski definition) is 1. The van der Waals surface area contributed by atoms with Crippen molar-refractivity contribution in [2.75, 3.05) is 0 Å². The third-order valence-electron chi connectivity index (χ3n) is 4.39. The van der Waals surface area contributed by atoms with Gasteiger partial charge in [-0.15, -0.1) is 0 Å². The van der Waals surface area contributed by atoms with Gasteiger partial charge in [0.25, 0.3) is 0 Å². The summed E-state index contributed by atoms with van der Waals surface area (Å²) >= 11 is 0. The van der Waals surface area contributed by atoms with Crippen LogP contribution in [0.25, 0.3) is 0 Å². The van der Waals surface area contributed by atoms with Gasteiger partial charge in [0.15, 0.2) is 0 Å². The Kier molecular flexibility index (Phi) is 4.07. The van der Waals surface area contributed by atoms with E-state index in [1.54, 1.807) is 0 Å². The summed E-state index contributed by atoms with van der Waals surface area (Å²) in [6, 6.07) is 2.31. The third kappa shape index (κ3) is 2.55. The quantitative estimate of drug-likeness (QED) is 0.679. The molecule has 1 unspecified atom stereocenters. The fourth-order valence-corrected chi connectivity index (χ4v) is 3.51. The molecule has 0 spiro atoms. The molecule has 0 N–H and O–H groups in total. The van der Waals surface area contributed by atoms with Crippen molar-refractivity contribution in [3.8, 4) is 0 Å². The summed E-state index contributed by atoms with van der Waals surface area (Å²) in [5.74, 6) is 0. The topological polar surface area (TPSA) is 3.24 Å². The van der Waals surface area contributed by atoms with Gasteiger partial charge in [-0.25, -0.2) is 0 Å². The maximum atomic E-state index is 4.37. The molecule has 0 heterocycles. The molecule has 0 saturated heterocycles. The van der Waals surface area contributed by atoms with E-state index in [0.717, 1.165) is 12.1 Å². The zero-order valence-electron chi connectivity index (χ0n) is 10.3. The van der Waals surface area contributed by atoms with Crippen molar-refractivity contribution in [3.05, 3.63) is 6.92 Å². The Balaban J connectivity index is 2.00. The molecule has 87 valence electrons. The van der Waals surface area contributed by atoms with Gasteiger partial charge in [-0.3, -0.25) is 4.90 Å². The van der Waals surface area contributed by atoms with Crippen LogP contribution in [0.3, 0.4) is 0 Å². The molecular weight excluding hydrogens is 182 g/mol. The van der Waals surface area contributed by atoms with Crippen molar-refractivity contribution in [1.29, 1.82) is 0 Å². The molecule has 2 aliphatic carbocycles. The van der Waals surface area contributed by atoms with Crippen LogP contribution in [-0.4, -0.2) is 23.0 Å². The third-order valence-corrected chi connectivity index (χ3v) is 4.39. The van der Waals surface area contributed by atoms with Crippen molar-refractivity contribution in [2.24, 2.45) is 0 Å². The normalized spacial score (nSPS) is 26.6. The molecule has 1 nitrogen and oxygen atoms in total. The van der Waals surface area contributed by atoms with Crippen molar-refractivity contribution < 1.29 is 0 Å². The molecule has 0 aromatic heterocycles. The SMILES string of the molecule is [CH2]C(CC)N(C1CCCC1)C1CCCC1. The summed E-state index contributed by atoms with van der Waals surface area (Å²) in [7, 11) is 0. The molecule has 2 aliphatic rings. The lowest BCUT2D eigenvalue weighted by molar-refractivity contribution is 0.100. The van der Waals surface area contributed by atoms with Crippen LogP contribution in [0.4, 0.5) is 0 Å². The maximum Gasteiger partial charge on any atom is 0.0101 e. The first kappa shape index (κ1) is 11.4. The van der Waals surface area contributed by atoms with Gasteiger partial charge >= 0.3 is 0 Å². The predicted molar refractivity (Wildman–Crippen MR) is 65.8 cm³/mol. The minimum Gasteiger partial charge on any atom is -0.295 e. The molecule has 0 bridgehead atoms. The highest BCUT2D eigenvalue weighted by Crippen LogP contribution is 2.33. The Hall–Kier alpha value is -0.0400. The number of rotatable bonds is 4. The first-order chi connectivity index (χ1) is 7.33. The van der Waals surface area contributed by atoms with E-state index in [4.69, 9.17) is 0 Å². The monoisotopic (exact) mass is 208 g/mol. The number of hydrogen-bond donors (Lipinski definition) is 0. The highest BCUT2D eigenvalue weighted by Gasteiger charge is 2.32. The van der Waals surface area contributed by atoms with Crippen molar-refractivity contribution in [1.82, 2.24) is 4.90 Å². The summed E-state index contributed by atoms with van der Waals surface area (Å²) in [6.45, 7) is 6.66. The molecule has 2 rings (SSSR count). The van der Waals surface area contributed by atoms with Crippen LogP contribution < -0.4 is 0 Å². The molecule has 1 radical (unpaired) electrons. The van der Waals surface area contributed by atoms with E-state index in [1.807, 2.05) is 0 Å². The van der Waals surface area contributed by atoms with E-state index in [0.29, 0.717) is 6.04 Å². The molecule has 1 heteroatoms. The van der Waals surface area contributed by atoms with Crippen LogP contribution in [0, 0.1) is 6.92 Å². The summed E-state index contributed by atoms with van der Waals surface area (Å²) in [5.41, 5.74) is 0. The van der Waals surface area contributed by atoms with Crippen LogP contribution in [0.1, 0.15) is 64.7 Å². The molecular formula is C14H26N. The minimum atomic E-state index is 0.566. The molecule has 0 amide bonds. The maximum absolute atomic E-state index is 4.37. The lowest BCUT2D eigenvalue weighted by Crippen LogP contribution is -2.46. The van der Waals surface area contributed by atoms with E-state index in [9.17, 15) is 0 Å². The Labute approximate surface area is 95.2 Å². The summed E-state index contributed by atoms with van der Waals surface area (Å²) in [6.07, 6.45) is 12.7. The van der Waals surface area contributed by atoms with E-state index in [2.05, 4.69) is 18.7 Å². The lowest BCUT2D eigenvalue weighted by Gasteiger charge is -2.39. The zero-order valence-corrected chi connectivity index (χ0v) is 10.3. The van der Waals surface area contributed by atoms with Crippen LogP contribution in [0.2, 0.25) is 0 Å². The highest BCUT2D eigenvalue weighted by atomic mass is 15.2. The van der Waals surface area contributed by atoms with Crippen molar-refractivity contribution >= 4 is 0 Å². The average Bonchev–Trinajstić information content (AvgIpc) is 2.90. The zero-order chi connectivity index (χ0) is 10.7. The lowest BCUT2D eigenvalue weighted by atomic mass is 10.0. The second-order valence-electron chi connectivity index (χ2n) is 5.39. The van der Waals surface area contributed by atoms with Crippen molar-refractivity contribution in [3.63, 3.8) is 0 Å². The summed E-state index contributed by atoms with van der Waals surface area (Å²) in [5, 5.41) is 0. The number of nitrogens with zero attached hydrogens (tertiary/aromatic N) is 1. The van der Waals surface area contributed by atoms with Gasteiger partial charge in [0.2, 0.25) is 0 Å². The van der Waals surface area contributed by atoms with Crippen LogP contribution in [0.15, 0.2) is 0 Å². The van der Waals surface area contributed by atoms with Crippen LogP contribution in [0.5, 0.6) is 0 Å². The van der Waals surface area contributed by atoms with E-state index >= 15 is 0 Å². The van der Waals surface area contributed by atoms with Crippen LogP contribution >= 0.6 is 0 Å². The first-order valence-corrected chi connectivity index (χ1v) is 6.93. The largest absolute Gasteiger partial charge is 0.295 e. The van der Waals surface area contributed by atoms with Gasteiger partial charge < -0.3 is 0 Å². The predicted octanol–water partition coefficient (Wildman–Crippen LogP) is 3.79. The molecule has 2 fully saturated rings. The van der Waals surface area contributed by atoms with E-state index in [1.165, 1.54) is 57.8 Å². The Morgan fingerprint density at radius 3 is 1.73 bits per heavy atom. The van der Waals surface area contributed by atoms with Gasteiger partial charge in [-0.05, 0) is 39.0 Å². The smallest absolute Gasteiger partial charge is 0.0101 e. The highest BCUT2D eigenvalue weighted by molar-refractivity contribution is 4.90. The second kappa shape index (κ2) is 5.34. The second-order valence-corrected chi connectivity index (χ2v) is 5.39. The van der Waals surface area contributed by atoms with Gasteiger partial charge in [0, 0.05) is 18.1 Å². The fraction of sp³-hybridized carbons (Fsp3) is 0.929. The summed E-state index contributed by atoms with van der Waals surface area (Å²) < 4.78 is 0. The van der Waals surface area contributed by atoms with Gasteiger partial charge in [-0.2, -0.15) is 0 Å². The van der Waals surface area contributed by atoms with Gasteiger partial charge in [0.05, 0.1) is 0 Å². The fourth-order valence-electron chi connectivity index (χ4n) is 3.51. The molecule has 0 aromatic rings. The van der Waals surface area contributed by atoms with E-state index < -0.39 is 0 Å². The first-order valence-electron chi connectivity index (χ1n) is 6.93. The van der Waals surface area contributed by atoms with Gasteiger partial charge in [0.1, 0.15) is 0 Å². The summed E-state index contributed by atoms with van der Waals surface area (Å²) in [4.78, 5) is 2.79. The standard InChI is InChI=1S/C14H26N/c1-3-12(2)15(13-8-4-5-9-13)14-10-6-7-11-14/h12-14H,2-11H2,1H3. The molecule has 1 atom stereocenters. The van der Waals surface area contributed by atoms with Crippen LogP contribution in [-0.2, 0) is 0 Å². The molecule has 15 heavy (non-hydrogen) atoms. The Bertz CT molecular complexity index is 162. The Morgan fingerprint density at radius 1 is 1.00 bits per heavy atom. The molecule has 0 aliphatic heterocycles. The Morgan fingerprint density at radius 2 is 1.40 bits per heavy atom. The molecule has 2 saturated carbocycles. The average molecular weight is 208 g/mol. The molecule has 0 aromatic carbocycles.